The molecule has 0 radical (unpaired) electrons. The summed E-state index contributed by atoms with van der Waals surface area (Å²) in [5, 5.41) is 5.26. The predicted octanol–water partition coefficient (Wildman–Crippen LogP) is 2.66. The first-order valence-electron chi connectivity index (χ1n) is 8.94. The molecule has 0 saturated carbocycles. The molecular weight excluding hydrogens is 391 g/mol. The number of methoxy groups -OCH3 is 1. The minimum atomic E-state index is -0.504. The van der Waals surface area contributed by atoms with E-state index >= 15 is 0 Å². The molecule has 0 unspecified atom stereocenters. The summed E-state index contributed by atoms with van der Waals surface area (Å²) in [6.07, 6.45) is 1.19. The molecule has 2 aromatic carbocycles. The molecule has 8 nitrogen and oxygen atoms in total. The number of anilines is 2. The van der Waals surface area contributed by atoms with Crippen molar-refractivity contribution in [3.05, 3.63) is 71.0 Å². The average Bonchev–Trinajstić information content (AvgIpc) is 2.70. The van der Waals surface area contributed by atoms with Gasteiger partial charge in [-0.15, -0.1) is 0 Å². The average molecular weight is 410 g/mol. The lowest BCUT2D eigenvalue weighted by atomic mass is 10.1. The maximum absolute atomic E-state index is 13.9. The lowest BCUT2D eigenvalue weighted by molar-refractivity contribution is -0.117. The standard InChI is InChI=1S/C21H19FN4O4/c1-13(27)24-14-7-8-19(30-2)18(9-14)25-20(28)11-26-12-23-17(10-21(26)29)15-5-3-4-6-16(15)22/h3-10,12H,11H2,1-2H3,(H,24,27)(H,25,28). The second-order valence-corrected chi connectivity index (χ2v) is 6.36. The minimum Gasteiger partial charge on any atom is -0.495 e. The van der Waals surface area contributed by atoms with Crippen LogP contribution in [0.15, 0.2) is 59.7 Å². The van der Waals surface area contributed by atoms with Crippen molar-refractivity contribution in [2.45, 2.75) is 13.5 Å². The molecule has 0 saturated heterocycles. The van der Waals surface area contributed by atoms with Gasteiger partial charge in [0.25, 0.3) is 5.56 Å². The number of aromatic nitrogens is 2. The third-order valence-corrected chi connectivity index (χ3v) is 4.14. The van der Waals surface area contributed by atoms with Gasteiger partial charge >= 0.3 is 0 Å². The number of hydrogen-bond donors (Lipinski definition) is 2. The van der Waals surface area contributed by atoms with Crippen molar-refractivity contribution in [1.29, 1.82) is 0 Å². The number of carbonyl (C=O) groups is 2. The smallest absolute Gasteiger partial charge is 0.254 e. The van der Waals surface area contributed by atoms with E-state index in [9.17, 15) is 18.8 Å². The topological polar surface area (TPSA) is 102 Å². The van der Waals surface area contributed by atoms with E-state index in [2.05, 4.69) is 15.6 Å². The van der Waals surface area contributed by atoms with Gasteiger partial charge in [0.05, 0.1) is 24.8 Å². The van der Waals surface area contributed by atoms with E-state index in [1.807, 2.05) is 0 Å². The molecule has 3 rings (SSSR count). The van der Waals surface area contributed by atoms with Gasteiger partial charge in [0.15, 0.2) is 0 Å². The van der Waals surface area contributed by atoms with Crippen molar-refractivity contribution in [3.8, 4) is 17.0 Å². The quantitative estimate of drug-likeness (QED) is 0.651. The molecule has 0 spiro atoms. The number of rotatable bonds is 6. The van der Waals surface area contributed by atoms with Crippen LogP contribution in [0, 0.1) is 5.82 Å². The zero-order valence-electron chi connectivity index (χ0n) is 16.3. The Morgan fingerprint density at radius 2 is 1.90 bits per heavy atom. The van der Waals surface area contributed by atoms with Crippen molar-refractivity contribution in [2.75, 3.05) is 17.7 Å². The number of carbonyl (C=O) groups excluding carboxylic acids is 2. The lowest BCUT2D eigenvalue weighted by Crippen LogP contribution is -2.27. The Bertz CT molecular complexity index is 1160. The van der Waals surface area contributed by atoms with Gasteiger partial charge in [-0.25, -0.2) is 9.37 Å². The molecule has 154 valence electrons. The molecular formula is C21H19FN4O4. The van der Waals surface area contributed by atoms with Gasteiger partial charge in [0.1, 0.15) is 18.1 Å². The van der Waals surface area contributed by atoms with Crippen LogP contribution in [-0.2, 0) is 16.1 Å². The third kappa shape index (κ3) is 4.88. The number of ether oxygens (including phenoxy) is 1. The van der Waals surface area contributed by atoms with Gasteiger partial charge in [0, 0.05) is 24.2 Å². The molecule has 1 heterocycles. The molecule has 0 fully saturated rings. The highest BCUT2D eigenvalue weighted by atomic mass is 19.1. The van der Waals surface area contributed by atoms with E-state index in [1.54, 1.807) is 30.3 Å². The van der Waals surface area contributed by atoms with Crippen LogP contribution in [0.3, 0.4) is 0 Å². The maximum atomic E-state index is 13.9. The van der Waals surface area contributed by atoms with Crippen LogP contribution < -0.4 is 20.9 Å². The van der Waals surface area contributed by atoms with Crippen LogP contribution in [0.5, 0.6) is 5.75 Å². The molecule has 0 bridgehead atoms. The van der Waals surface area contributed by atoms with Crippen LogP contribution in [-0.4, -0.2) is 28.5 Å². The fourth-order valence-corrected chi connectivity index (χ4v) is 2.79. The first kappa shape index (κ1) is 20.7. The zero-order chi connectivity index (χ0) is 21.7. The van der Waals surface area contributed by atoms with Gasteiger partial charge in [-0.2, -0.15) is 0 Å². The number of nitrogens with one attached hydrogen (secondary N) is 2. The van der Waals surface area contributed by atoms with Gasteiger partial charge in [-0.3, -0.25) is 19.0 Å². The van der Waals surface area contributed by atoms with Crippen molar-refractivity contribution in [3.63, 3.8) is 0 Å². The summed E-state index contributed by atoms with van der Waals surface area (Å²) in [6, 6.07) is 11.9. The summed E-state index contributed by atoms with van der Waals surface area (Å²) in [7, 11) is 1.44. The van der Waals surface area contributed by atoms with Crippen LogP contribution in [0.25, 0.3) is 11.3 Å². The molecule has 3 aromatic rings. The summed E-state index contributed by atoms with van der Waals surface area (Å²) in [6.45, 7) is 1.06. The Morgan fingerprint density at radius 1 is 1.13 bits per heavy atom. The SMILES string of the molecule is COc1ccc(NC(C)=O)cc1NC(=O)Cn1cnc(-c2ccccc2F)cc1=O. The van der Waals surface area contributed by atoms with Gasteiger partial charge in [-0.1, -0.05) is 12.1 Å². The Kier molecular flexibility index (Phi) is 6.21. The molecule has 2 N–H and O–H groups in total. The van der Waals surface area contributed by atoms with Crippen LogP contribution >= 0.6 is 0 Å². The summed E-state index contributed by atoms with van der Waals surface area (Å²) in [5.74, 6) is -0.871. The molecule has 0 aliphatic carbocycles. The molecule has 2 amide bonds. The Balaban J connectivity index is 1.77. The number of hydrogen-bond acceptors (Lipinski definition) is 5. The van der Waals surface area contributed by atoms with Crippen molar-refractivity contribution in [1.82, 2.24) is 9.55 Å². The van der Waals surface area contributed by atoms with Crippen molar-refractivity contribution in [2.24, 2.45) is 0 Å². The highest BCUT2D eigenvalue weighted by Gasteiger charge is 2.12. The zero-order valence-corrected chi connectivity index (χ0v) is 16.3. The van der Waals surface area contributed by atoms with E-state index in [0.29, 0.717) is 17.1 Å². The van der Waals surface area contributed by atoms with Gasteiger partial charge in [-0.05, 0) is 30.3 Å². The summed E-state index contributed by atoms with van der Waals surface area (Å²) in [4.78, 5) is 40.1. The van der Waals surface area contributed by atoms with Crippen molar-refractivity contribution >= 4 is 23.2 Å². The minimum absolute atomic E-state index is 0.180. The van der Waals surface area contributed by atoms with Crippen molar-refractivity contribution < 1.29 is 18.7 Å². The number of nitrogens with zero attached hydrogens (tertiary/aromatic N) is 2. The first-order valence-corrected chi connectivity index (χ1v) is 8.94. The molecule has 1 aromatic heterocycles. The highest BCUT2D eigenvalue weighted by molar-refractivity contribution is 5.94. The molecule has 9 heteroatoms. The van der Waals surface area contributed by atoms with Gasteiger partial charge < -0.3 is 15.4 Å². The monoisotopic (exact) mass is 410 g/mol. The van der Waals surface area contributed by atoms with Crippen LogP contribution in [0.4, 0.5) is 15.8 Å². The van der Waals surface area contributed by atoms with Gasteiger partial charge in [0.2, 0.25) is 11.8 Å². The Labute approximate surface area is 171 Å². The Hall–Kier alpha value is -4.01. The summed E-state index contributed by atoms with van der Waals surface area (Å²) < 4.78 is 20.2. The maximum Gasteiger partial charge on any atom is 0.254 e. The van der Waals surface area contributed by atoms with Crippen LogP contribution in [0.1, 0.15) is 6.92 Å². The fourth-order valence-electron chi connectivity index (χ4n) is 2.79. The summed E-state index contributed by atoms with van der Waals surface area (Å²) in [5.41, 5.74) is 0.687. The fraction of sp³-hybridized carbons (Fsp3) is 0.143. The first-order chi connectivity index (χ1) is 14.4. The highest BCUT2D eigenvalue weighted by Crippen LogP contribution is 2.28. The van der Waals surface area contributed by atoms with E-state index < -0.39 is 17.3 Å². The number of halogens is 1. The molecule has 0 aliphatic heterocycles. The number of benzene rings is 2. The lowest BCUT2D eigenvalue weighted by Gasteiger charge is -2.13. The summed E-state index contributed by atoms with van der Waals surface area (Å²) >= 11 is 0. The second-order valence-electron chi connectivity index (χ2n) is 6.36. The normalized spacial score (nSPS) is 10.4. The van der Waals surface area contributed by atoms with E-state index in [4.69, 9.17) is 4.74 Å². The van der Waals surface area contributed by atoms with Crippen LogP contribution in [0.2, 0.25) is 0 Å². The molecule has 0 atom stereocenters. The van der Waals surface area contributed by atoms with E-state index in [0.717, 1.165) is 4.57 Å². The molecule has 0 aliphatic rings. The Morgan fingerprint density at radius 3 is 2.57 bits per heavy atom. The number of amides is 2. The van der Waals surface area contributed by atoms with E-state index in [-0.39, 0.29) is 23.7 Å². The predicted molar refractivity (Wildman–Crippen MR) is 110 cm³/mol. The largest absolute Gasteiger partial charge is 0.495 e. The third-order valence-electron chi connectivity index (χ3n) is 4.14. The second kappa shape index (κ2) is 8.99. The van der Waals surface area contributed by atoms with E-state index in [1.165, 1.54) is 38.6 Å². The molecule has 30 heavy (non-hydrogen) atoms.